The van der Waals surface area contributed by atoms with Crippen LogP contribution in [0.1, 0.15) is 67.1 Å². The summed E-state index contributed by atoms with van der Waals surface area (Å²) >= 11 is 0. The van der Waals surface area contributed by atoms with Crippen LogP contribution in [0.2, 0.25) is 0 Å². The second-order valence-corrected chi connectivity index (χ2v) is 8.48. The molecule has 0 fully saturated rings. The van der Waals surface area contributed by atoms with Crippen molar-refractivity contribution in [2.45, 2.75) is 53.5 Å². The van der Waals surface area contributed by atoms with Gasteiger partial charge in [0.1, 0.15) is 0 Å². The Morgan fingerprint density at radius 1 is 1.06 bits per heavy atom. The number of fused-ring (bicyclic) bond motifs is 1. The maximum absolute atomic E-state index is 13.5. The Morgan fingerprint density at radius 3 is 2.45 bits per heavy atom. The van der Waals surface area contributed by atoms with Crippen LogP contribution in [-0.4, -0.2) is 30.5 Å². The highest BCUT2D eigenvalue weighted by molar-refractivity contribution is 6.12. The first-order valence-electron chi connectivity index (χ1n) is 10.6. The second-order valence-electron chi connectivity index (χ2n) is 8.48. The molecule has 31 heavy (non-hydrogen) atoms. The first-order valence-corrected chi connectivity index (χ1v) is 10.6. The topological polar surface area (TPSA) is 77.6 Å². The maximum atomic E-state index is 13.5. The van der Waals surface area contributed by atoms with Crippen LogP contribution in [0.25, 0.3) is 16.7 Å². The summed E-state index contributed by atoms with van der Waals surface area (Å²) in [4.78, 5) is 18.2. The zero-order valence-electron chi connectivity index (χ0n) is 18.8. The lowest BCUT2D eigenvalue weighted by Crippen LogP contribution is -2.16. The molecule has 1 aromatic carbocycles. The van der Waals surface area contributed by atoms with Crippen LogP contribution in [0.4, 0.5) is 5.69 Å². The van der Waals surface area contributed by atoms with Gasteiger partial charge in [-0.25, -0.2) is 14.3 Å². The summed E-state index contributed by atoms with van der Waals surface area (Å²) in [5.41, 5.74) is 5.64. The molecule has 7 heteroatoms. The molecule has 1 amide bonds. The van der Waals surface area contributed by atoms with E-state index in [0.717, 1.165) is 33.8 Å². The lowest BCUT2D eigenvalue weighted by Gasteiger charge is -2.14. The van der Waals surface area contributed by atoms with E-state index in [1.807, 2.05) is 59.6 Å². The molecule has 0 aliphatic carbocycles. The van der Waals surface area contributed by atoms with Crippen LogP contribution >= 0.6 is 0 Å². The third kappa shape index (κ3) is 3.83. The van der Waals surface area contributed by atoms with Crippen LogP contribution < -0.4 is 5.32 Å². The first kappa shape index (κ1) is 20.8. The van der Waals surface area contributed by atoms with E-state index in [-0.39, 0.29) is 17.9 Å². The standard InChI is InChI=1S/C24H28N6O/c1-14(2)21-12-18(19-13-25-29(15(3)4)23(19)26-21)24(31)27-20-9-7-8-10-22(20)30-17(6)11-16(5)28-30/h7-15H,1-6H3,(H,27,31). The van der Waals surface area contributed by atoms with Crippen molar-refractivity contribution in [2.75, 3.05) is 5.32 Å². The maximum Gasteiger partial charge on any atom is 0.256 e. The second kappa shape index (κ2) is 7.98. The van der Waals surface area contributed by atoms with Crippen molar-refractivity contribution in [3.8, 4) is 5.69 Å². The fourth-order valence-corrected chi connectivity index (χ4v) is 3.73. The van der Waals surface area contributed by atoms with Crippen LogP contribution in [0, 0.1) is 13.8 Å². The minimum absolute atomic E-state index is 0.148. The normalized spacial score (nSPS) is 11.6. The predicted molar refractivity (Wildman–Crippen MR) is 123 cm³/mol. The molecular weight excluding hydrogens is 388 g/mol. The van der Waals surface area contributed by atoms with Gasteiger partial charge in [0.15, 0.2) is 5.65 Å². The van der Waals surface area contributed by atoms with Crippen LogP contribution in [0.3, 0.4) is 0 Å². The average Bonchev–Trinajstić information content (AvgIpc) is 3.30. The van der Waals surface area contributed by atoms with Gasteiger partial charge in [-0.1, -0.05) is 26.0 Å². The van der Waals surface area contributed by atoms with Crippen molar-refractivity contribution in [1.82, 2.24) is 24.5 Å². The molecule has 4 rings (SSSR count). The quantitative estimate of drug-likeness (QED) is 0.486. The van der Waals surface area contributed by atoms with Crippen LogP contribution in [0.15, 0.2) is 42.6 Å². The number of carbonyl (C=O) groups is 1. The molecule has 0 spiro atoms. The summed E-state index contributed by atoms with van der Waals surface area (Å²) in [5.74, 6) is 0.0000323. The van der Waals surface area contributed by atoms with Crippen molar-refractivity contribution >= 4 is 22.6 Å². The van der Waals surface area contributed by atoms with Crippen molar-refractivity contribution in [1.29, 1.82) is 0 Å². The average molecular weight is 417 g/mol. The highest BCUT2D eigenvalue weighted by Gasteiger charge is 2.20. The monoisotopic (exact) mass is 416 g/mol. The van der Waals surface area contributed by atoms with E-state index < -0.39 is 0 Å². The van der Waals surface area contributed by atoms with Gasteiger partial charge in [0.2, 0.25) is 0 Å². The highest BCUT2D eigenvalue weighted by Crippen LogP contribution is 2.27. The lowest BCUT2D eigenvalue weighted by molar-refractivity contribution is 0.102. The summed E-state index contributed by atoms with van der Waals surface area (Å²) in [6.45, 7) is 12.2. The Hall–Kier alpha value is -3.48. The minimum Gasteiger partial charge on any atom is -0.320 e. The van der Waals surface area contributed by atoms with Crippen molar-refractivity contribution in [3.05, 3.63) is 65.2 Å². The molecule has 4 aromatic rings. The summed E-state index contributed by atoms with van der Waals surface area (Å²) in [5, 5.41) is 12.9. The number of nitrogens with zero attached hydrogens (tertiary/aromatic N) is 5. The van der Waals surface area contributed by atoms with E-state index in [0.29, 0.717) is 11.3 Å². The van der Waals surface area contributed by atoms with Crippen molar-refractivity contribution < 1.29 is 4.79 Å². The molecule has 7 nitrogen and oxygen atoms in total. The van der Waals surface area contributed by atoms with E-state index in [9.17, 15) is 4.79 Å². The SMILES string of the molecule is Cc1cc(C)n(-c2ccccc2NC(=O)c2cc(C(C)C)nc3c2cnn3C(C)C)n1. The van der Waals surface area contributed by atoms with Crippen molar-refractivity contribution in [3.63, 3.8) is 0 Å². The van der Waals surface area contributed by atoms with Gasteiger partial charge in [0.25, 0.3) is 5.91 Å². The van der Waals surface area contributed by atoms with Gasteiger partial charge in [-0.2, -0.15) is 10.2 Å². The number of nitrogens with one attached hydrogen (secondary N) is 1. The number of carbonyl (C=O) groups excluding carboxylic acids is 1. The number of hydrogen-bond acceptors (Lipinski definition) is 4. The molecule has 0 saturated heterocycles. The lowest BCUT2D eigenvalue weighted by atomic mass is 10.0. The zero-order chi connectivity index (χ0) is 22.3. The number of para-hydroxylation sites is 2. The zero-order valence-corrected chi connectivity index (χ0v) is 18.8. The Labute approximate surface area is 182 Å². The molecule has 0 radical (unpaired) electrons. The third-order valence-electron chi connectivity index (χ3n) is 5.30. The number of anilines is 1. The number of amides is 1. The molecule has 0 unspecified atom stereocenters. The molecule has 0 aliphatic heterocycles. The smallest absolute Gasteiger partial charge is 0.256 e. The van der Waals surface area contributed by atoms with E-state index in [4.69, 9.17) is 4.98 Å². The number of aryl methyl sites for hydroxylation is 2. The number of pyridine rings is 1. The molecule has 0 saturated carbocycles. The van der Waals surface area contributed by atoms with E-state index >= 15 is 0 Å². The number of hydrogen-bond donors (Lipinski definition) is 1. The molecule has 1 N–H and O–H groups in total. The fourth-order valence-electron chi connectivity index (χ4n) is 3.73. The number of rotatable bonds is 5. The van der Waals surface area contributed by atoms with Crippen molar-refractivity contribution in [2.24, 2.45) is 0 Å². The van der Waals surface area contributed by atoms with Gasteiger partial charge < -0.3 is 5.32 Å². The van der Waals surface area contributed by atoms with Crippen LogP contribution in [-0.2, 0) is 0 Å². The van der Waals surface area contributed by atoms with Gasteiger partial charge in [-0.3, -0.25) is 4.79 Å². The summed E-state index contributed by atoms with van der Waals surface area (Å²) in [7, 11) is 0. The van der Waals surface area contributed by atoms with E-state index in [2.05, 4.69) is 43.2 Å². The van der Waals surface area contributed by atoms with Crippen LogP contribution in [0.5, 0.6) is 0 Å². The van der Waals surface area contributed by atoms with Gasteiger partial charge >= 0.3 is 0 Å². The first-order chi connectivity index (χ1) is 14.8. The van der Waals surface area contributed by atoms with Gasteiger partial charge in [0, 0.05) is 17.4 Å². The molecule has 0 bridgehead atoms. The molecule has 3 heterocycles. The summed E-state index contributed by atoms with van der Waals surface area (Å²) in [6, 6.07) is 11.7. The highest BCUT2D eigenvalue weighted by atomic mass is 16.1. The number of benzene rings is 1. The van der Waals surface area contributed by atoms with E-state index in [1.54, 1.807) is 6.20 Å². The largest absolute Gasteiger partial charge is 0.320 e. The number of aromatic nitrogens is 5. The summed E-state index contributed by atoms with van der Waals surface area (Å²) in [6.07, 6.45) is 1.73. The minimum atomic E-state index is -0.188. The van der Waals surface area contributed by atoms with Gasteiger partial charge in [-0.15, -0.1) is 0 Å². The molecular formula is C24H28N6O. The van der Waals surface area contributed by atoms with E-state index in [1.165, 1.54) is 0 Å². The molecule has 3 aromatic heterocycles. The Balaban J connectivity index is 1.79. The Bertz CT molecular complexity index is 1260. The molecule has 160 valence electrons. The Morgan fingerprint density at radius 2 is 1.81 bits per heavy atom. The van der Waals surface area contributed by atoms with Gasteiger partial charge in [0.05, 0.1) is 34.2 Å². The van der Waals surface area contributed by atoms with Gasteiger partial charge in [-0.05, 0) is 57.9 Å². The fraction of sp³-hybridized carbons (Fsp3) is 0.333. The summed E-state index contributed by atoms with van der Waals surface area (Å²) < 4.78 is 3.71. The third-order valence-corrected chi connectivity index (χ3v) is 5.30. The molecule has 0 aliphatic rings. The molecule has 0 atom stereocenters. The predicted octanol–water partition coefficient (Wildman–Crippen LogP) is 5.19. The Kier molecular flexibility index (Phi) is 5.35.